The monoisotopic (exact) mass is 375 g/mol. The number of oxazole rings is 1. The molecule has 0 aliphatic rings. The summed E-state index contributed by atoms with van der Waals surface area (Å²) in [5.41, 5.74) is 1.58. The molecule has 0 saturated carbocycles. The summed E-state index contributed by atoms with van der Waals surface area (Å²) in [6, 6.07) is 10.6. The zero-order chi connectivity index (χ0) is 19.1. The number of carbonyl (C=O) groups excluding carboxylic acids is 1. The van der Waals surface area contributed by atoms with Crippen molar-refractivity contribution in [2.24, 2.45) is 7.05 Å². The van der Waals surface area contributed by atoms with Gasteiger partial charge in [0.1, 0.15) is 0 Å². The molecule has 0 fully saturated rings. The molecule has 26 heavy (non-hydrogen) atoms. The number of aromatic nitrogens is 1. The number of hydrogen-bond donors (Lipinski definition) is 1. The third kappa shape index (κ3) is 3.14. The van der Waals surface area contributed by atoms with Crippen LogP contribution in [0.2, 0.25) is 0 Å². The van der Waals surface area contributed by atoms with E-state index in [0.29, 0.717) is 16.8 Å². The second-order valence-electron chi connectivity index (χ2n) is 5.88. The Bertz CT molecular complexity index is 1160. The van der Waals surface area contributed by atoms with E-state index in [-0.39, 0.29) is 10.5 Å². The molecule has 1 heterocycles. The average Bonchev–Trinajstić information content (AvgIpc) is 2.88. The van der Waals surface area contributed by atoms with E-state index in [0.717, 1.165) is 4.31 Å². The van der Waals surface area contributed by atoms with Gasteiger partial charge in [-0.15, -0.1) is 0 Å². The molecule has 8 nitrogen and oxygen atoms in total. The Balaban J connectivity index is 1.90. The first-order chi connectivity index (χ1) is 12.2. The Hall–Kier alpha value is -2.91. The van der Waals surface area contributed by atoms with Gasteiger partial charge in [0.15, 0.2) is 5.58 Å². The van der Waals surface area contributed by atoms with E-state index in [9.17, 15) is 18.0 Å². The third-order valence-electron chi connectivity index (χ3n) is 3.92. The van der Waals surface area contributed by atoms with Crippen LogP contribution in [0.5, 0.6) is 0 Å². The molecular weight excluding hydrogens is 358 g/mol. The predicted molar refractivity (Wildman–Crippen MR) is 96.7 cm³/mol. The highest BCUT2D eigenvalue weighted by Crippen LogP contribution is 2.20. The largest absolute Gasteiger partial charge is 0.419 e. The van der Waals surface area contributed by atoms with Gasteiger partial charge < -0.3 is 9.73 Å². The fraction of sp³-hybridized carbons (Fsp3) is 0.176. The minimum absolute atomic E-state index is 0.0275. The van der Waals surface area contributed by atoms with Gasteiger partial charge in [0, 0.05) is 38.5 Å². The first-order valence-corrected chi connectivity index (χ1v) is 9.07. The minimum Gasteiger partial charge on any atom is -0.408 e. The molecule has 9 heteroatoms. The summed E-state index contributed by atoms with van der Waals surface area (Å²) in [4.78, 5) is 24.0. The lowest BCUT2D eigenvalue weighted by molar-refractivity contribution is 0.102. The maximum atomic E-state index is 12.5. The number of hydrogen-bond acceptors (Lipinski definition) is 5. The van der Waals surface area contributed by atoms with Gasteiger partial charge in [-0.1, -0.05) is 6.07 Å². The highest BCUT2D eigenvalue weighted by Gasteiger charge is 2.19. The molecule has 0 aliphatic carbocycles. The summed E-state index contributed by atoms with van der Waals surface area (Å²) in [5, 5.41) is 2.67. The number of nitrogens with one attached hydrogen (secondary N) is 1. The molecule has 0 aliphatic heterocycles. The molecule has 3 rings (SSSR count). The molecule has 1 amide bonds. The van der Waals surface area contributed by atoms with Crippen LogP contribution in [0.3, 0.4) is 0 Å². The Morgan fingerprint density at radius 3 is 2.58 bits per heavy atom. The maximum Gasteiger partial charge on any atom is 0.419 e. The molecule has 0 radical (unpaired) electrons. The Morgan fingerprint density at radius 2 is 1.88 bits per heavy atom. The van der Waals surface area contributed by atoms with E-state index in [2.05, 4.69) is 5.32 Å². The quantitative estimate of drug-likeness (QED) is 0.747. The Kier molecular flexibility index (Phi) is 4.43. The third-order valence-corrected chi connectivity index (χ3v) is 5.74. The van der Waals surface area contributed by atoms with Gasteiger partial charge in [-0.25, -0.2) is 17.5 Å². The van der Waals surface area contributed by atoms with E-state index >= 15 is 0 Å². The molecule has 0 atom stereocenters. The second kappa shape index (κ2) is 6.43. The van der Waals surface area contributed by atoms with Gasteiger partial charge in [-0.2, -0.15) is 0 Å². The van der Waals surface area contributed by atoms with E-state index < -0.39 is 21.7 Å². The van der Waals surface area contributed by atoms with Crippen molar-refractivity contribution in [3.05, 3.63) is 58.6 Å². The molecule has 2 aromatic carbocycles. The number of nitrogens with zero attached hydrogens (tertiary/aromatic N) is 2. The highest BCUT2D eigenvalue weighted by atomic mass is 32.2. The fourth-order valence-electron chi connectivity index (χ4n) is 2.42. The number of rotatable bonds is 4. The van der Waals surface area contributed by atoms with Crippen LogP contribution in [0.15, 0.2) is 56.6 Å². The lowest BCUT2D eigenvalue weighted by Gasteiger charge is -2.12. The number of carbonyl (C=O) groups is 1. The first-order valence-electron chi connectivity index (χ1n) is 7.63. The molecule has 1 aromatic heterocycles. The number of fused-ring (bicyclic) bond motifs is 1. The van der Waals surface area contributed by atoms with Gasteiger partial charge in [0.2, 0.25) is 10.0 Å². The highest BCUT2D eigenvalue weighted by molar-refractivity contribution is 7.89. The summed E-state index contributed by atoms with van der Waals surface area (Å²) in [7, 11) is 0.794. The van der Waals surface area contributed by atoms with Crippen molar-refractivity contribution >= 4 is 32.7 Å². The smallest absolute Gasteiger partial charge is 0.408 e. The van der Waals surface area contributed by atoms with E-state index in [1.54, 1.807) is 19.2 Å². The molecule has 1 N–H and O–H groups in total. The van der Waals surface area contributed by atoms with Crippen molar-refractivity contribution in [2.75, 3.05) is 19.4 Å². The zero-order valence-corrected chi connectivity index (χ0v) is 15.2. The van der Waals surface area contributed by atoms with Crippen LogP contribution in [-0.4, -0.2) is 37.3 Å². The summed E-state index contributed by atoms with van der Waals surface area (Å²) in [6.45, 7) is 0. The second-order valence-corrected chi connectivity index (χ2v) is 8.03. The van der Waals surface area contributed by atoms with Crippen LogP contribution >= 0.6 is 0 Å². The van der Waals surface area contributed by atoms with Gasteiger partial charge >= 0.3 is 5.76 Å². The van der Waals surface area contributed by atoms with Crippen molar-refractivity contribution in [1.82, 2.24) is 8.87 Å². The summed E-state index contributed by atoms with van der Waals surface area (Å²) < 4.78 is 31.9. The van der Waals surface area contributed by atoms with Crippen LogP contribution in [0.1, 0.15) is 10.4 Å². The van der Waals surface area contributed by atoms with Crippen molar-refractivity contribution in [3.8, 4) is 0 Å². The molecule has 0 spiro atoms. The topological polar surface area (TPSA) is 102 Å². The normalized spacial score (nSPS) is 11.8. The summed E-state index contributed by atoms with van der Waals surface area (Å²) in [6.07, 6.45) is 0. The molecule has 3 aromatic rings. The van der Waals surface area contributed by atoms with Gasteiger partial charge in [-0.3, -0.25) is 9.36 Å². The Morgan fingerprint density at radius 1 is 1.15 bits per heavy atom. The predicted octanol–water partition coefficient (Wildman–Crippen LogP) is 1.63. The zero-order valence-electron chi connectivity index (χ0n) is 14.4. The Labute approximate surface area is 149 Å². The van der Waals surface area contributed by atoms with Crippen molar-refractivity contribution in [2.45, 2.75) is 4.90 Å². The summed E-state index contributed by atoms with van der Waals surface area (Å²) >= 11 is 0. The van der Waals surface area contributed by atoms with Crippen LogP contribution < -0.4 is 11.1 Å². The number of benzene rings is 2. The van der Waals surface area contributed by atoms with Crippen molar-refractivity contribution in [3.63, 3.8) is 0 Å². The van der Waals surface area contributed by atoms with Gasteiger partial charge in [0.25, 0.3) is 5.91 Å². The maximum absolute atomic E-state index is 12.5. The summed E-state index contributed by atoms with van der Waals surface area (Å²) in [5.74, 6) is -0.969. The number of aryl methyl sites for hydroxylation is 1. The average molecular weight is 375 g/mol. The standard InChI is InChI=1S/C17H17N3O5S/c1-19(2)26(23,24)13-6-4-5-11(9-13)16(21)18-12-7-8-14-15(10-12)25-17(22)20(14)3/h4-10H,1-3H3,(H,18,21). The molecule has 0 unspecified atom stereocenters. The van der Waals surface area contributed by atoms with Crippen molar-refractivity contribution < 1.29 is 17.6 Å². The van der Waals surface area contributed by atoms with Crippen LogP contribution in [0, 0.1) is 0 Å². The van der Waals surface area contributed by atoms with Crippen molar-refractivity contribution in [1.29, 1.82) is 0 Å². The lowest BCUT2D eigenvalue weighted by atomic mass is 10.2. The minimum atomic E-state index is -3.64. The van der Waals surface area contributed by atoms with Crippen LogP contribution in [0.4, 0.5) is 5.69 Å². The van der Waals surface area contributed by atoms with E-state index in [4.69, 9.17) is 4.42 Å². The molecular formula is C17H17N3O5S. The number of sulfonamides is 1. The van der Waals surface area contributed by atoms with Crippen LogP contribution in [0.25, 0.3) is 11.1 Å². The number of anilines is 1. The van der Waals surface area contributed by atoms with E-state index in [1.807, 2.05) is 0 Å². The number of amides is 1. The lowest BCUT2D eigenvalue weighted by Crippen LogP contribution is -2.22. The van der Waals surface area contributed by atoms with Gasteiger partial charge in [-0.05, 0) is 30.3 Å². The molecule has 0 saturated heterocycles. The van der Waals surface area contributed by atoms with Crippen LogP contribution in [-0.2, 0) is 17.1 Å². The molecule has 0 bridgehead atoms. The van der Waals surface area contributed by atoms with E-state index in [1.165, 1.54) is 49.0 Å². The SMILES string of the molecule is CN(C)S(=O)(=O)c1cccc(C(=O)Nc2ccc3c(c2)oc(=O)n3C)c1. The first kappa shape index (κ1) is 17.9. The fourth-order valence-corrected chi connectivity index (χ4v) is 3.37. The van der Waals surface area contributed by atoms with Gasteiger partial charge in [0.05, 0.1) is 10.4 Å². The molecule has 136 valence electrons.